The summed E-state index contributed by atoms with van der Waals surface area (Å²) in [4.78, 5) is 22.5. The third-order valence-corrected chi connectivity index (χ3v) is 2.07. The number of carbonyl (C=O) groups is 2. The van der Waals surface area contributed by atoms with Crippen molar-refractivity contribution < 1.29 is 23.5 Å². The van der Waals surface area contributed by atoms with E-state index in [4.69, 9.17) is 9.15 Å². The number of aryl methyl sites for hydroxylation is 1. The van der Waals surface area contributed by atoms with Crippen molar-refractivity contribution in [1.29, 1.82) is 0 Å². The topological polar surface area (TPSA) is 65.7 Å². The number of rotatable bonds is 4. The van der Waals surface area contributed by atoms with E-state index in [9.17, 15) is 9.59 Å². The predicted octanol–water partition coefficient (Wildman–Crippen LogP) is 1.70. The van der Waals surface area contributed by atoms with E-state index in [0.29, 0.717) is 11.3 Å². The monoisotopic (exact) mass is 226 g/mol. The summed E-state index contributed by atoms with van der Waals surface area (Å²) >= 11 is 0. The zero-order chi connectivity index (χ0) is 12.1. The molecule has 0 aliphatic heterocycles. The third kappa shape index (κ3) is 3.12. The van der Waals surface area contributed by atoms with Gasteiger partial charge in [-0.25, -0.2) is 4.79 Å². The first-order valence-electron chi connectivity index (χ1n) is 4.86. The maximum absolute atomic E-state index is 11.6. The van der Waals surface area contributed by atoms with Gasteiger partial charge < -0.3 is 13.9 Å². The molecule has 1 atom stereocenters. The summed E-state index contributed by atoms with van der Waals surface area (Å²) in [5.41, 5.74) is 0.372. The van der Waals surface area contributed by atoms with Crippen LogP contribution in [0.2, 0.25) is 0 Å². The van der Waals surface area contributed by atoms with E-state index in [1.807, 2.05) is 0 Å². The zero-order valence-electron chi connectivity index (χ0n) is 9.48. The summed E-state index contributed by atoms with van der Waals surface area (Å²) in [6, 6.07) is 1.53. The van der Waals surface area contributed by atoms with Crippen LogP contribution in [0.1, 0.15) is 29.5 Å². The molecule has 0 unspecified atom stereocenters. The van der Waals surface area contributed by atoms with Gasteiger partial charge in [-0.1, -0.05) is 0 Å². The van der Waals surface area contributed by atoms with E-state index >= 15 is 0 Å². The molecule has 0 saturated heterocycles. The molecule has 0 aliphatic carbocycles. The number of carbonyl (C=O) groups excluding carboxylic acids is 2. The highest BCUT2D eigenvalue weighted by Crippen LogP contribution is 2.12. The second-order valence-electron chi connectivity index (χ2n) is 3.39. The molecule has 0 spiro atoms. The van der Waals surface area contributed by atoms with E-state index in [2.05, 4.69) is 4.74 Å². The molecule has 0 fully saturated rings. The molecular formula is C11H14O5. The Morgan fingerprint density at radius 2 is 2.19 bits per heavy atom. The Balaban J connectivity index is 2.52. The molecule has 0 aliphatic rings. The average molecular weight is 226 g/mol. The maximum Gasteiger partial charge on any atom is 0.341 e. The van der Waals surface area contributed by atoms with Gasteiger partial charge in [0.2, 0.25) is 0 Å². The third-order valence-electron chi connectivity index (χ3n) is 2.07. The van der Waals surface area contributed by atoms with Gasteiger partial charge >= 0.3 is 11.9 Å². The van der Waals surface area contributed by atoms with Crippen LogP contribution >= 0.6 is 0 Å². The van der Waals surface area contributed by atoms with Crippen LogP contribution in [0.25, 0.3) is 0 Å². The summed E-state index contributed by atoms with van der Waals surface area (Å²) < 4.78 is 14.5. The molecule has 1 rings (SSSR count). The molecule has 0 aromatic carbocycles. The lowest BCUT2D eigenvalue weighted by Gasteiger charge is -2.11. The normalized spacial score (nSPS) is 11.9. The van der Waals surface area contributed by atoms with E-state index in [1.165, 1.54) is 19.4 Å². The van der Waals surface area contributed by atoms with Crippen LogP contribution < -0.4 is 0 Å². The van der Waals surface area contributed by atoms with Gasteiger partial charge in [-0.3, -0.25) is 4.79 Å². The van der Waals surface area contributed by atoms with Crippen LogP contribution in [0.15, 0.2) is 16.7 Å². The van der Waals surface area contributed by atoms with E-state index in [-0.39, 0.29) is 6.42 Å². The molecule has 1 heterocycles. The van der Waals surface area contributed by atoms with Crippen molar-refractivity contribution in [1.82, 2.24) is 0 Å². The van der Waals surface area contributed by atoms with Crippen LogP contribution in [-0.4, -0.2) is 25.2 Å². The number of furan rings is 1. The molecular weight excluding hydrogens is 212 g/mol. The van der Waals surface area contributed by atoms with Gasteiger partial charge in [0.15, 0.2) is 0 Å². The molecule has 16 heavy (non-hydrogen) atoms. The van der Waals surface area contributed by atoms with E-state index < -0.39 is 18.0 Å². The SMILES string of the molecule is COC(=O)C[C@@H](C)OC(=O)c1ccoc1C. The minimum Gasteiger partial charge on any atom is -0.469 e. The van der Waals surface area contributed by atoms with Gasteiger partial charge in [0.05, 0.1) is 19.8 Å². The van der Waals surface area contributed by atoms with Crippen LogP contribution in [0.3, 0.4) is 0 Å². The Bertz CT molecular complexity index is 379. The summed E-state index contributed by atoms with van der Waals surface area (Å²) in [6.07, 6.45) is 0.935. The molecule has 0 N–H and O–H groups in total. The molecule has 88 valence electrons. The van der Waals surface area contributed by atoms with Crippen LogP contribution in [0.5, 0.6) is 0 Å². The molecule has 0 saturated carbocycles. The summed E-state index contributed by atoms with van der Waals surface area (Å²) in [5, 5.41) is 0. The minimum absolute atomic E-state index is 0.0408. The second kappa shape index (κ2) is 5.34. The zero-order valence-corrected chi connectivity index (χ0v) is 9.48. The molecule has 0 bridgehead atoms. The lowest BCUT2D eigenvalue weighted by molar-refractivity contribution is -0.142. The fourth-order valence-electron chi connectivity index (χ4n) is 1.20. The van der Waals surface area contributed by atoms with Crippen molar-refractivity contribution in [2.45, 2.75) is 26.4 Å². The van der Waals surface area contributed by atoms with Crippen molar-refractivity contribution in [3.63, 3.8) is 0 Å². The Kier molecular flexibility index (Phi) is 4.10. The number of methoxy groups -OCH3 is 1. The molecule has 0 amide bonds. The summed E-state index contributed by atoms with van der Waals surface area (Å²) in [5.74, 6) is -0.415. The Morgan fingerprint density at radius 1 is 1.50 bits per heavy atom. The smallest absolute Gasteiger partial charge is 0.341 e. The first-order chi connectivity index (χ1) is 7.54. The van der Waals surface area contributed by atoms with Crippen molar-refractivity contribution in [3.8, 4) is 0 Å². The van der Waals surface area contributed by atoms with Crippen LogP contribution in [-0.2, 0) is 14.3 Å². The van der Waals surface area contributed by atoms with Crippen molar-refractivity contribution in [2.75, 3.05) is 7.11 Å². The van der Waals surface area contributed by atoms with Gasteiger partial charge in [-0.2, -0.15) is 0 Å². The van der Waals surface area contributed by atoms with E-state index in [0.717, 1.165) is 0 Å². The second-order valence-corrected chi connectivity index (χ2v) is 3.39. The fourth-order valence-corrected chi connectivity index (χ4v) is 1.20. The quantitative estimate of drug-likeness (QED) is 0.731. The number of ether oxygens (including phenoxy) is 2. The lowest BCUT2D eigenvalue weighted by atomic mass is 10.2. The summed E-state index contributed by atoms with van der Waals surface area (Å²) in [7, 11) is 1.29. The first kappa shape index (κ1) is 12.3. The standard InChI is InChI=1S/C11H14O5/c1-7(6-10(12)14-3)16-11(13)9-4-5-15-8(9)2/h4-5,7H,6H2,1-3H3/t7-/m1/s1. The molecule has 1 aromatic heterocycles. The molecule has 0 radical (unpaired) electrons. The molecule has 5 nitrogen and oxygen atoms in total. The average Bonchev–Trinajstić information content (AvgIpc) is 2.63. The highest BCUT2D eigenvalue weighted by atomic mass is 16.6. The molecule has 1 aromatic rings. The Labute approximate surface area is 93.3 Å². The maximum atomic E-state index is 11.6. The van der Waals surface area contributed by atoms with Crippen LogP contribution in [0.4, 0.5) is 0 Å². The number of esters is 2. The fraction of sp³-hybridized carbons (Fsp3) is 0.455. The van der Waals surface area contributed by atoms with Gasteiger partial charge in [0, 0.05) is 0 Å². The van der Waals surface area contributed by atoms with Crippen molar-refractivity contribution in [2.24, 2.45) is 0 Å². The molecule has 5 heteroatoms. The van der Waals surface area contributed by atoms with Gasteiger partial charge in [-0.05, 0) is 19.9 Å². The Morgan fingerprint density at radius 3 is 2.69 bits per heavy atom. The largest absolute Gasteiger partial charge is 0.469 e. The van der Waals surface area contributed by atoms with Crippen molar-refractivity contribution in [3.05, 3.63) is 23.7 Å². The minimum atomic E-state index is -0.519. The Hall–Kier alpha value is -1.78. The van der Waals surface area contributed by atoms with Gasteiger partial charge in [-0.15, -0.1) is 0 Å². The van der Waals surface area contributed by atoms with Gasteiger partial charge in [0.1, 0.15) is 17.4 Å². The van der Waals surface area contributed by atoms with E-state index in [1.54, 1.807) is 13.8 Å². The highest BCUT2D eigenvalue weighted by molar-refractivity contribution is 5.90. The first-order valence-corrected chi connectivity index (χ1v) is 4.86. The predicted molar refractivity (Wildman–Crippen MR) is 55.0 cm³/mol. The lowest BCUT2D eigenvalue weighted by Crippen LogP contribution is -2.19. The van der Waals surface area contributed by atoms with Crippen LogP contribution in [0, 0.1) is 6.92 Å². The number of hydrogen-bond donors (Lipinski definition) is 0. The van der Waals surface area contributed by atoms with Crippen molar-refractivity contribution >= 4 is 11.9 Å². The highest BCUT2D eigenvalue weighted by Gasteiger charge is 2.18. The van der Waals surface area contributed by atoms with Gasteiger partial charge in [0.25, 0.3) is 0 Å². The summed E-state index contributed by atoms with van der Waals surface area (Å²) in [6.45, 7) is 3.30. The number of hydrogen-bond acceptors (Lipinski definition) is 5.